The van der Waals surface area contributed by atoms with Crippen LogP contribution in [-0.2, 0) is 13.1 Å². The number of anilines is 1. The van der Waals surface area contributed by atoms with Crippen molar-refractivity contribution in [2.24, 2.45) is 0 Å². The molecule has 0 aliphatic carbocycles. The van der Waals surface area contributed by atoms with Gasteiger partial charge in [-0.3, -0.25) is 0 Å². The van der Waals surface area contributed by atoms with Crippen molar-refractivity contribution in [3.05, 3.63) is 77.2 Å². The number of aryl methyl sites for hydroxylation is 1. The van der Waals surface area contributed by atoms with Gasteiger partial charge in [0, 0.05) is 31.9 Å². The molecular formula is C24H33FN2. The van der Waals surface area contributed by atoms with E-state index in [1.807, 2.05) is 18.3 Å². The van der Waals surface area contributed by atoms with Crippen LogP contribution in [0.3, 0.4) is 0 Å². The van der Waals surface area contributed by atoms with Crippen molar-refractivity contribution in [1.29, 1.82) is 0 Å². The van der Waals surface area contributed by atoms with Gasteiger partial charge in [0.1, 0.15) is 5.82 Å². The zero-order chi connectivity index (χ0) is 19.8. The molecule has 0 amide bonds. The molecule has 2 nitrogen and oxygen atoms in total. The van der Waals surface area contributed by atoms with Gasteiger partial charge in [0.15, 0.2) is 0 Å². The summed E-state index contributed by atoms with van der Waals surface area (Å²) in [4.78, 5) is 4.66. The molecule has 2 rings (SSSR count). The summed E-state index contributed by atoms with van der Waals surface area (Å²) in [6.45, 7) is 16.5. The fourth-order valence-corrected chi connectivity index (χ4v) is 3.40. The topological polar surface area (TPSA) is 6.48 Å². The number of hydrogen-bond donors (Lipinski definition) is 0. The van der Waals surface area contributed by atoms with Gasteiger partial charge in [0.2, 0.25) is 0 Å². The van der Waals surface area contributed by atoms with Crippen LogP contribution in [0.5, 0.6) is 0 Å². The molecule has 146 valence electrons. The third-order valence-corrected chi connectivity index (χ3v) is 5.04. The van der Waals surface area contributed by atoms with Gasteiger partial charge in [-0.25, -0.2) is 4.39 Å². The highest BCUT2D eigenvalue weighted by Gasteiger charge is 2.12. The number of nitrogens with zero attached hydrogens (tertiary/aromatic N) is 2. The zero-order valence-corrected chi connectivity index (χ0v) is 17.3. The molecule has 0 saturated carbocycles. The van der Waals surface area contributed by atoms with E-state index >= 15 is 0 Å². The van der Waals surface area contributed by atoms with E-state index in [1.54, 1.807) is 0 Å². The maximum Gasteiger partial charge on any atom is 0.123 e. The molecule has 0 spiro atoms. The Morgan fingerprint density at radius 2 is 1.59 bits per heavy atom. The number of halogens is 1. The minimum atomic E-state index is -0.199. The first-order valence-electron chi connectivity index (χ1n) is 9.94. The van der Waals surface area contributed by atoms with Crippen LogP contribution in [0.2, 0.25) is 0 Å². The molecule has 0 aliphatic rings. The third-order valence-electron chi connectivity index (χ3n) is 5.04. The second-order valence-electron chi connectivity index (χ2n) is 7.25. The molecule has 2 aromatic carbocycles. The monoisotopic (exact) mass is 368 g/mol. The number of hydrogen-bond acceptors (Lipinski definition) is 2. The van der Waals surface area contributed by atoms with Crippen molar-refractivity contribution in [2.75, 3.05) is 18.0 Å². The molecule has 0 heterocycles. The van der Waals surface area contributed by atoms with Gasteiger partial charge < -0.3 is 9.80 Å². The predicted molar refractivity (Wildman–Crippen MR) is 115 cm³/mol. The third kappa shape index (κ3) is 5.85. The Labute approximate surface area is 164 Å². The SMILES string of the molecule is C=CN(Cc1ccc(F)cc1)Cc1cc(N(CCC)CCC)cc(C)c1C. The average Bonchev–Trinajstić information content (AvgIpc) is 2.66. The van der Waals surface area contributed by atoms with E-state index in [9.17, 15) is 4.39 Å². The molecule has 0 saturated heterocycles. The van der Waals surface area contributed by atoms with Crippen LogP contribution in [0, 0.1) is 19.7 Å². The summed E-state index contributed by atoms with van der Waals surface area (Å²) >= 11 is 0. The minimum Gasteiger partial charge on any atom is -0.372 e. The largest absolute Gasteiger partial charge is 0.372 e. The summed E-state index contributed by atoms with van der Waals surface area (Å²) in [5.41, 5.74) is 6.37. The van der Waals surface area contributed by atoms with Crippen molar-refractivity contribution in [1.82, 2.24) is 4.90 Å². The lowest BCUT2D eigenvalue weighted by Crippen LogP contribution is -2.25. The summed E-state index contributed by atoms with van der Waals surface area (Å²) < 4.78 is 13.2. The molecule has 0 N–H and O–H groups in total. The Kier molecular flexibility index (Phi) is 7.90. The lowest BCUT2D eigenvalue weighted by molar-refractivity contribution is 0.362. The molecule has 0 unspecified atom stereocenters. The molecule has 0 bridgehead atoms. The first-order valence-corrected chi connectivity index (χ1v) is 9.94. The van der Waals surface area contributed by atoms with E-state index in [4.69, 9.17) is 0 Å². The van der Waals surface area contributed by atoms with Crippen molar-refractivity contribution >= 4 is 5.69 Å². The first-order chi connectivity index (χ1) is 13.0. The van der Waals surface area contributed by atoms with Crippen molar-refractivity contribution < 1.29 is 4.39 Å². The van der Waals surface area contributed by atoms with Crippen LogP contribution in [-0.4, -0.2) is 18.0 Å². The lowest BCUT2D eigenvalue weighted by atomic mass is 10.0. The Morgan fingerprint density at radius 1 is 0.963 bits per heavy atom. The summed E-state index contributed by atoms with van der Waals surface area (Å²) in [5, 5.41) is 0. The van der Waals surface area contributed by atoms with Crippen LogP contribution in [0.1, 0.15) is 48.9 Å². The van der Waals surface area contributed by atoms with Gasteiger partial charge in [-0.1, -0.05) is 32.6 Å². The summed E-state index contributed by atoms with van der Waals surface area (Å²) in [6.07, 6.45) is 4.16. The second kappa shape index (κ2) is 10.1. The number of benzene rings is 2. The molecule has 0 fully saturated rings. The molecule has 2 aromatic rings. The number of rotatable bonds is 10. The highest BCUT2D eigenvalue weighted by molar-refractivity contribution is 5.54. The van der Waals surface area contributed by atoms with Gasteiger partial charge in [-0.15, -0.1) is 0 Å². The van der Waals surface area contributed by atoms with E-state index in [-0.39, 0.29) is 5.82 Å². The van der Waals surface area contributed by atoms with Gasteiger partial charge in [0.25, 0.3) is 0 Å². The lowest BCUT2D eigenvalue weighted by Gasteiger charge is -2.27. The van der Waals surface area contributed by atoms with Crippen molar-refractivity contribution in [2.45, 2.75) is 53.6 Å². The molecule has 3 heteroatoms. The fraction of sp³-hybridized carbons (Fsp3) is 0.417. The molecule has 0 radical (unpaired) electrons. The Morgan fingerprint density at radius 3 is 2.15 bits per heavy atom. The van der Waals surface area contributed by atoms with Gasteiger partial charge in [0.05, 0.1) is 0 Å². The minimum absolute atomic E-state index is 0.199. The van der Waals surface area contributed by atoms with Crippen molar-refractivity contribution in [3.8, 4) is 0 Å². The van der Waals surface area contributed by atoms with Crippen LogP contribution in [0.25, 0.3) is 0 Å². The first kappa shape index (κ1) is 21.0. The highest BCUT2D eigenvalue weighted by Crippen LogP contribution is 2.25. The average molecular weight is 369 g/mol. The standard InChI is InChI=1S/C24H33FN2/c1-6-13-27(14-7-2)24-15-19(4)20(5)22(16-24)18-26(8-3)17-21-9-11-23(25)12-10-21/h8-12,15-16H,3,6-7,13-14,17-18H2,1-2,4-5H3. The molecular weight excluding hydrogens is 335 g/mol. The normalized spacial score (nSPS) is 10.7. The fourth-order valence-electron chi connectivity index (χ4n) is 3.40. The van der Waals surface area contributed by atoms with E-state index in [0.717, 1.165) is 44.6 Å². The summed E-state index contributed by atoms with van der Waals surface area (Å²) in [7, 11) is 0. The van der Waals surface area contributed by atoms with Crippen LogP contribution in [0.4, 0.5) is 10.1 Å². The van der Waals surface area contributed by atoms with E-state index in [0.29, 0.717) is 0 Å². The molecule has 27 heavy (non-hydrogen) atoms. The Hall–Kier alpha value is -2.29. The summed E-state index contributed by atoms with van der Waals surface area (Å²) in [6, 6.07) is 11.3. The molecule has 0 aliphatic heterocycles. The molecule has 0 atom stereocenters. The van der Waals surface area contributed by atoms with Crippen LogP contribution in [0.15, 0.2) is 49.2 Å². The quantitative estimate of drug-likeness (QED) is 0.491. The van der Waals surface area contributed by atoms with E-state index in [1.165, 1.54) is 34.5 Å². The van der Waals surface area contributed by atoms with Crippen LogP contribution < -0.4 is 4.90 Å². The smallest absolute Gasteiger partial charge is 0.123 e. The Bertz CT molecular complexity index is 731. The molecule has 0 aromatic heterocycles. The Balaban J connectivity index is 2.24. The van der Waals surface area contributed by atoms with Crippen molar-refractivity contribution in [3.63, 3.8) is 0 Å². The van der Waals surface area contributed by atoms with Crippen LogP contribution >= 0.6 is 0 Å². The second-order valence-corrected chi connectivity index (χ2v) is 7.25. The van der Waals surface area contributed by atoms with Gasteiger partial charge in [-0.2, -0.15) is 0 Å². The van der Waals surface area contributed by atoms with Gasteiger partial charge >= 0.3 is 0 Å². The van der Waals surface area contributed by atoms with E-state index < -0.39 is 0 Å². The maximum absolute atomic E-state index is 13.2. The van der Waals surface area contributed by atoms with Gasteiger partial charge in [-0.05, 0) is 79.4 Å². The summed E-state index contributed by atoms with van der Waals surface area (Å²) in [5.74, 6) is -0.199. The maximum atomic E-state index is 13.2. The van der Waals surface area contributed by atoms with E-state index in [2.05, 4.69) is 56.2 Å². The predicted octanol–water partition coefficient (Wildman–Crippen LogP) is 6.21. The highest BCUT2D eigenvalue weighted by atomic mass is 19.1. The zero-order valence-electron chi connectivity index (χ0n) is 17.3.